The number of benzene rings is 1. The third-order valence-corrected chi connectivity index (χ3v) is 3.03. The molecule has 0 atom stereocenters. The Hall–Kier alpha value is -1.10. The standard InChI is InChI=1S/C11H14FO3S/c1-9-5-3-6-10(11(9)12)15-7-4-8-16(2,13)14/h3,6H,4,7-8H2,1-2H3. The summed E-state index contributed by atoms with van der Waals surface area (Å²) in [5.41, 5.74) is 0.389. The first-order chi connectivity index (χ1) is 7.40. The number of hydrogen-bond donors (Lipinski definition) is 0. The van der Waals surface area contributed by atoms with Crippen LogP contribution in [0.1, 0.15) is 12.0 Å². The van der Waals surface area contributed by atoms with Crippen LogP contribution in [0.25, 0.3) is 0 Å². The highest BCUT2D eigenvalue weighted by atomic mass is 32.2. The second-order valence-corrected chi connectivity index (χ2v) is 5.87. The molecule has 1 rings (SSSR count). The van der Waals surface area contributed by atoms with Crippen LogP contribution in [0.4, 0.5) is 4.39 Å². The Bertz CT molecular complexity index is 454. The Balaban J connectivity index is 2.47. The molecular weight excluding hydrogens is 231 g/mol. The highest BCUT2D eigenvalue weighted by Crippen LogP contribution is 2.19. The van der Waals surface area contributed by atoms with Crippen molar-refractivity contribution in [2.45, 2.75) is 13.3 Å². The van der Waals surface area contributed by atoms with Crippen molar-refractivity contribution < 1.29 is 17.5 Å². The van der Waals surface area contributed by atoms with Crippen LogP contribution in [0, 0.1) is 18.8 Å². The van der Waals surface area contributed by atoms with Crippen molar-refractivity contribution in [3.8, 4) is 5.75 Å². The number of halogens is 1. The average Bonchev–Trinajstić information content (AvgIpc) is 2.17. The summed E-state index contributed by atoms with van der Waals surface area (Å²) in [6.45, 7) is 1.78. The molecule has 0 saturated carbocycles. The minimum absolute atomic E-state index is 0.0482. The summed E-state index contributed by atoms with van der Waals surface area (Å²) in [5, 5.41) is 0. The fraction of sp³-hybridized carbons (Fsp3) is 0.455. The summed E-state index contributed by atoms with van der Waals surface area (Å²) < 4.78 is 40.2. The van der Waals surface area contributed by atoms with Gasteiger partial charge in [0, 0.05) is 6.26 Å². The lowest BCUT2D eigenvalue weighted by atomic mass is 10.2. The summed E-state index contributed by atoms with van der Waals surface area (Å²) in [6.07, 6.45) is 1.52. The molecule has 0 aliphatic heterocycles. The molecule has 0 bridgehead atoms. The fourth-order valence-electron chi connectivity index (χ4n) is 1.18. The minimum atomic E-state index is -2.98. The van der Waals surface area contributed by atoms with Crippen LogP contribution in [0.5, 0.6) is 5.75 Å². The molecule has 0 aromatic heterocycles. The molecule has 0 saturated heterocycles. The number of aryl methyl sites for hydroxylation is 1. The topological polar surface area (TPSA) is 43.4 Å². The van der Waals surface area contributed by atoms with Gasteiger partial charge in [0.15, 0.2) is 11.6 Å². The van der Waals surface area contributed by atoms with Crippen molar-refractivity contribution in [2.24, 2.45) is 0 Å². The molecule has 0 amide bonds. The molecule has 1 radical (unpaired) electrons. The van der Waals surface area contributed by atoms with Crippen LogP contribution >= 0.6 is 0 Å². The van der Waals surface area contributed by atoms with Gasteiger partial charge in [-0.15, -0.1) is 0 Å². The van der Waals surface area contributed by atoms with Gasteiger partial charge in [-0.1, -0.05) is 6.07 Å². The van der Waals surface area contributed by atoms with Crippen LogP contribution in [0.15, 0.2) is 12.1 Å². The van der Waals surface area contributed by atoms with Gasteiger partial charge in [0.25, 0.3) is 0 Å². The van der Waals surface area contributed by atoms with Crippen LogP contribution < -0.4 is 4.74 Å². The highest BCUT2D eigenvalue weighted by molar-refractivity contribution is 7.90. The Morgan fingerprint density at radius 1 is 1.50 bits per heavy atom. The second-order valence-electron chi connectivity index (χ2n) is 3.61. The molecule has 1 aromatic carbocycles. The number of sulfone groups is 1. The van der Waals surface area contributed by atoms with E-state index in [1.807, 2.05) is 0 Å². The van der Waals surface area contributed by atoms with E-state index in [0.717, 1.165) is 6.26 Å². The van der Waals surface area contributed by atoms with E-state index in [9.17, 15) is 12.8 Å². The third kappa shape index (κ3) is 4.18. The Kier molecular flexibility index (Phi) is 4.29. The molecule has 0 heterocycles. The quantitative estimate of drug-likeness (QED) is 0.742. The lowest BCUT2D eigenvalue weighted by Gasteiger charge is -2.07. The SMILES string of the molecule is Cc1[c]ccc(OCCCS(C)(=O)=O)c1F. The van der Waals surface area contributed by atoms with Gasteiger partial charge in [-0.25, -0.2) is 12.8 Å². The molecular formula is C11H14FO3S. The zero-order valence-corrected chi connectivity index (χ0v) is 10.1. The maximum atomic E-state index is 13.4. The maximum absolute atomic E-state index is 13.4. The summed E-state index contributed by atoms with van der Waals surface area (Å²) in [7, 11) is -2.98. The van der Waals surface area contributed by atoms with Gasteiger partial charge in [-0.2, -0.15) is 0 Å². The molecule has 0 unspecified atom stereocenters. The summed E-state index contributed by atoms with van der Waals surface area (Å²) in [6, 6.07) is 5.75. The maximum Gasteiger partial charge on any atom is 0.168 e. The fourth-order valence-corrected chi connectivity index (χ4v) is 1.82. The van der Waals surface area contributed by atoms with Crippen molar-refractivity contribution in [3.05, 3.63) is 29.6 Å². The van der Waals surface area contributed by atoms with E-state index in [0.29, 0.717) is 12.0 Å². The molecule has 0 aliphatic rings. The van der Waals surface area contributed by atoms with Gasteiger partial charge < -0.3 is 4.74 Å². The Labute approximate surface area is 95.2 Å². The number of hydrogen-bond acceptors (Lipinski definition) is 3. The van der Waals surface area contributed by atoms with Crippen molar-refractivity contribution >= 4 is 9.84 Å². The van der Waals surface area contributed by atoms with E-state index in [1.165, 1.54) is 6.07 Å². The van der Waals surface area contributed by atoms with Gasteiger partial charge in [0.2, 0.25) is 0 Å². The van der Waals surface area contributed by atoms with Gasteiger partial charge in [0.1, 0.15) is 9.84 Å². The Morgan fingerprint density at radius 2 is 2.19 bits per heavy atom. The van der Waals surface area contributed by atoms with Crippen molar-refractivity contribution in [2.75, 3.05) is 18.6 Å². The van der Waals surface area contributed by atoms with Gasteiger partial charge >= 0.3 is 0 Å². The van der Waals surface area contributed by atoms with Crippen LogP contribution in [0.2, 0.25) is 0 Å². The second kappa shape index (κ2) is 5.30. The van der Waals surface area contributed by atoms with Gasteiger partial charge in [-0.3, -0.25) is 0 Å². The molecule has 0 spiro atoms. The molecule has 0 N–H and O–H groups in total. The first kappa shape index (κ1) is 13.0. The van der Waals surface area contributed by atoms with E-state index < -0.39 is 15.7 Å². The number of rotatable bonds is 5. The van der Waals surface area contributed by atoms with Gasteiger partial charge in [0.05, 0.1) is 12.4 Å². The monoisotopic (exact) mass is 245 g/mol. The van der Waals surface area contributed by atoms with Crippen LogP contribution in [-0.4, -0.2) is 27.0 Å². The van der Waals surface area contributed by atoms with E-state index in [1.54, 1.807) is 13.0 Å². The molecule has 0 fully saturated rings. The smallest absolute Gasteiger partial charge is 0.168 e. The number of ether oxygens (including phenoxy) is 1. The molecule has 3 nitrogen and oxygen atoms in total. The summed E-state index contributed by atoms with van der Waals surface area (Å²) >= 11 is 0. The average molecular weight is 245 g/mol. The van der Waals surface area contributed by atoms with Crippen molar-refractivity contribution in [3.63, 3.8) is 0 Å². The normalized spacial score (nSPS) is 11.4. The van der Waals surface area contributed by atoms with Crippen molar-refractivity contribution in [1.82, 2.24) is 0 Å². The van der Waals surface area contributed by atoms with E-state index in [-0.39, 0.29) is 18.1 Å². The predicted molar refractivity (Wildman–Crippen MR) is 59.8 cm³/mol. The first-order valence-corrected chi connectivity index (χ1v) is 6.93. The molecule has 5 heteroatoms. The lowest BCUT2D eigenvalue weighted by molar-refractivity contribution is 0.301. The zero-order chi connectivity index (χ0) is 12.2. The van der Waals surface area contributed by atoms with E-state index >= 15 is 0 Å². The molecule has 16 heavy (non-hydrogen) atoms. The lowest BCUT2D eigenvalue weighted by Crippen LogP contribution is -2.08. The van der Waals surface area contributed by atoms with Crippen LogP contribution in [0.3, 0.4) is 0 Å². The summed E-state index contributed by atoms with van der Waals surface area (Å²) in [5.74, 6) is -0.251. The molecule has 89 valence electrons. The van der Waals surface area contributed by atoms with E-state index in [4.69, 9.17) is 4.74 Å². The molecule has 0 aliphatic carbocycles. The van der Waals surface area contributed by atoms with E-state index in [2.05, 4.69) is 6.07 Å². The Morgan fingerprint density at radius 3 is 2.81 bits per heavy atom. The van der Waals surface area contributed by atoms with Crippen molar-refractivity contribution in [1.29, 1.82) is 0 Å². The third-order valence-electron chi connectivity index (χ3n) is 2.00. The van der Waals surface area contributed by atoms with Gasteiger partial charge in [-0.05, 0) is 31.0 Å². The first-order valence-electron chi connectivity index (χ1n) is 4.87. The predicted octanol–water partition coefficient (Wildman–Crippen LogP) is 1.75. The zero-order valence-electron chi connectivity index (χ0n) is 9.29. The largest absolute Gasteiger partial charge is 0.490 e. The summed E-state index contributed by atoms with van der Waals surface area (Å²) in [4.78, 5) is 0. The minimum Gasteiger partial charge on any atom is -0.490 e. The highest BCUT2D eigenvalue weighted by Gasteiger charge is 2.06. The van der Waals surface area contributed by atoms with Crippen LogP contribution in [-0.2, 0) is 9.84 Å². The molecule has 1 aromatic rings.